The van der Waals surface area contributed by atoms with E-state index < -0.39 is 0 Å². The number of amides is 3. The third-order valence-electron chi connectivity index (χ3n) is 3.90. The van der Waals surface area contributed by atoms with Gasteiger partial charge in [-0.25, -0.2) is 0 Å². The molecule has 1 heterocycles. The van der Waals surface area contributed by atoms with Gasteiger partial charge in [0, 0.05) is 13.0 Å². The standard InChI is InChI=1S/C18H17N3O3/c19-14-8-3-4-9-15(14)20-16(22)10-5-11-21-17(23)12-6-1-2-7-13(12)18(21)24/h1-4,6-9H,5,10-11,19H2,(H,20,22). The maximum atomic E-state index is 12.2. The number of carbonyl (C=O) groups is 3. The van der Waals surface area contributed by atoms with Crippen LogP contribution < -0.4 is 11.1 Å². The van der Waals surface area contributed by atoms with E-state index in [0.29, 0.717) is 28.9 Å². The molecule has 0 aliphatic carbocycles. The van der Waals surface area contributed by atoms with E-state index in [0.717, 1.165) is 0 Å². The molecular weight excluding hydrogens is 306 g/mol. The van der Waals surface area contributed by atoms with Gasteiger partial charge in [-0.05, 0) is 30.7 Å². The van der Waals surface area contributed by atoms with E-state index in [1.165, 1.54) is 4.90 Å². The van der Waals surface area contributed by atoms with E-state index in [4.69, 9.17) is 5.73 Å². The summed E-state index contributed by atoms with van der Waals surface area (Å²) in [7, 11) is 0. The Bertz CT molecular complexity index is 782. The first-order chi connectivity index (χ1) is 11.6. The summed E-state index contributed by atoms with van der Waals surface area (Å²) >= 11 is 0. The Balaban J connectivity index is 1.54. The highest BCUT2D eigenvalue weighted by atomic mass is 16.2. The van der Waals surface area contributed by atoms with Crippen LogP contribution in [0.2, 0.25) is 0 Å². The van der Waals surface area contributed by atoms with Crippen molar-refractivity contribution in [2.24, 2.45) is 0 Å². The van der Waals surface area contributed by atoms with Crippen LogP contribution in [0.15, 0.2) is 48.5 Å². The third-order valence-corrected chi connectivity index (χ3v) is 3.90. The molecule has 3 N–H and O–H groups in total. The highest BCUT2D eigenvalue weighted by molar-refractivity contribution is 6.21. The molecule has 6 nitrogen and oxygen atoms in total. The molecule has 1 aliphatic rings. The van der Waals surface area contributed by atoms with Crippen molar-refractivity contribution in [1.29, 1.82) is 0 Å². The average Bonchev–Trinajstić information content (AvgIpc) is 2.82. The van der Waals surface area contributed by atoms with Crippen LogP contribution in [-0.2, 0) is 4.79 Å². The van der Waals surface area contributed by atoms with Crippen LogP contribution in [0.3, 0.4) is 0 Å². The van der Waals surface area contributed by atoms with Gasteiger partial charge in [-0.1, -0.05) is 24.3 Å². The molecule has 24 heavy (non-hydrogen) atoms. The summed E-state index contributed by atoms with van der Waals surface area (Å²) in [6.45, 7) is 0.212. The second-order valence-corrected chi connectivity index (χ2v) is 5.55. The number of benzene rings is 2. The molecule has 2 aromatic rings. The minimum absolute atomic E-state index is 0.196. The molecule has 0 bridgehead atoms. The summed E-state index contributed by atoms with van der Waals surface area (Å²) < 4.78 is 0. The zero-order valence-electron chi connectivity index (χ0n) is 13.0. The Kier molecular flexibility index (Phi) is 4.29. The van der Waals surface area contributed by atoms with Crippen molar-refractivity contribution in [2.45, 2.75) is 12.8 Å². The smallest absolute Gasteiger partial charge is 0.261 e. The predicted molar refractivity (Wildman–Crippen MR) is 90.5 cm³/mol. The van der Waals surface area contributed by atoms with E-state index >= 15 is 0 Å². The van der Waals surface area contributed by atoms with Gasteiger partial charge in [0.05, 0.1) is 22.5 Å². The highest BCUT2D eigenvalue weighted by Crippen LogP contribution is 2.23. The summed E-state index contributed by atoms with van der Waals surface area (Å²) in [5.41, 5.74) is 7.66. The molecule has 3 amide bonds. The van der Waals surface area contributed by atoms with E-state index in [1.54, 1.807) is 48.5 Å². The molecule has 0 unspecified atom stereocenters. The zero-order chi connectivity index (χ0) is 17.1. The first-order valence-corrected chi connectivity index (χ1v) is 7.67. The van der Waals surface area contributed by atoms with E-state index in [1.807, 2.05) is 0 Å². The number of nitrogen functional groups attached to an aromatic ring is 1. The second kappa shape index (κ2) is 6.54. The fourth-order valence-corrected chi connectivity index (χ4v) is 2.66. The Morgan fingerprint density at radius 3 is 2.17 bits per heavy atom. The van der Waals surface area contributed by atoms with Crippen molar-refractivity contribution in [1.82, 2.24) is 4.90 Å². The van der Waals surface area contributed by atoms with E-state index in [9.17, 15) is 14.4 Å². The quantitative estimate of drug-likeness (QED) is 0.652. The number of hydrogen-bond acceptors (Lipinski definition) is 4. The van der Waals surface area contributed by atoms with Crippen molar-refractivity contribution in [3.8, 4) is 0 Å². The van der Waals surface area contributed by atoms with Crippen LogP contribution in [0, 0.1) is 0 Å². The molecule has 3 rings (SSSR count). The number of nitrogens with one attached hydrogen (secondary N) is 1. The maximum Gasteiger partial charge on any atom is 0.261 e. The first-order valence-electron chi connectivity index (χ1n) is 7.67. The SMILES string of the molecule is Nc1ccccc1NC(=O)CCCN1C(=O)c2ccccc2C1=O. The molecular formula is C18H17N3O3. The van der Waals surface area contributed by atoms with Crippen molar-refractivity contribution in [3.63, 3.8) is 0 Å². The normalized spacial score (nSPS) is 13.1. The number of imide groups is 1. The first kappa shape index (κ1) is 15.7. The summed E-state index contributed by atoms with van der Waals surface area (Å²) in [6.07, 6.45) is 0.589. The van der Waals surface area contributed by atoms with Gasteiger partial charge in [0.15, 0.2) is 0 Å². The highest BCUT2D eigenvalue weighted by Gasteiger charge is 2.34. The van der Waals surface area contributed by atoms with Gasteiger partial charge in [-0.3, -0.25) is 19.3 Å². The Labute approximate surface area is 139 Å². The van der Waals surface area contributed by atoms with Gasteiger partial charge in [-0.2, -0.15) is 0 Å². The molecule has 1 aliphatic heterocycles. The Morgan fingerprint density at radius 1 is 0.958 bits per heavy atom. The van der Waals surface area contributed by atoms with Crippen LogP contribution in [0.25, 0.3) is 0 Å². The fraction of sp³-hybridized carbons (Fsp3) is 0.167. The molecule has 0 atom stereocenters. The maximum absolute atomic E-state index is 12.2. The van der Waals surface area contributed by atoms with Crippen LogP contribution in [0.4, 0.5) is 11.4 Å². The zero-order valence-corrected chi connectivity index (χ0v) is 13.0. The molecule has 0 saturated heterocycles. The molecule has 122 valence electrons. The van der Waals surface area contributed by atoms with Gasteiger partial charge in [0.1, 0.15) is 0 Å². The minimum atomic E-state index is -0.302. The monoisotopic (exact) mass is 323 g/mol. The third kappa shape index (κ3) is 2.99. The summed E-state index contributed by atoms with van der Waals surface area (Å²) in [4.78, 5) is 37.6. The van der Waals surface area contributed by atoms with E-state index in [2.05, 4.69) is 5.32 Å². The number of para-hydroxylation sites is 2. The lowest BCUT2D eigenvalue weighted by Crippen LogP contribution is -2.31. The van der Waals surface area contributed by atoms with Crippen molar-refractivity contribution >= 4 is 29.1 Å². The second-order valence-electron chi connectivity index (χ2n) is 5.55. The number of rotatable bonds is 5. The number of hydrogen-bond donors (Lipinski definition) is 2. The molecule has 0 aromatic heterocycles. The summed E-state index contributed by atoms with van der Waals surface area (Å²) in [5, 5.41) is 2.72. The van der Waals surface area contributed by atoms with Gasteiger partial charge >= 0.3 is 0 Å². The fourth-order valence-electron chi connectivity index (χ4n) is 2.66. The number of carbonyl (C=O) groups excluding carboxylic acids is 3. The van der Waals surface area contributed by atoms with Crippen LogP contribution >= 0.6 is 0 Å². The number of nitrogens with two attached hydrogens (primary N) is 1. The number of nitrogens with zero attached hydrogens (tertiary/aromatic N) is 1. The van der Waals surface area contributed by atoms with Crippen molar-refractivity contribution in [2.75, 3.05) is 17.6 Å². The van der Waals surface area contributed by atoms with Gasteiger partial charge in [0.25, 0.3) is 11.8 Å². The molecule has 2 aromatic carbocycles. The van der Waals surface area contributed by atoms with Gasteiger partial charge in [0.2, 0.25) is 5.91 Å². The molecule has 0 fully saturated rings. The summed E-state index contributed by atoms with van der Waals surface area (Å²) in [6, 6.07) is 13.7. The molecule has 0 radical (unpaired) electrons. The predicted octanol–water partition coefficient (Wildman–Crippen LogP) is 2.28. The number of anilines is 2. The Hall–Kier alpha value is -3.15. The lowest BCUT2D eigenvalue weighted by atomic mass is 10.1. The largest absolute Gasteiger partial charge is 0.397 e. The van der Waals surface area contributed by atoms with Crippen molar-refractivity contribution < 1.29 is 14.4 Å². The lowest BCUT2D eigenvalue weighted by molar-refractivity contribution is -0.116. The van der Waals surface area contributed by atoms with E-state index in [-0.39, 0.29) is 30.7 Å². The number of fused-ring (bicyclic) bond motifs is 1. The van der Waals surface area contributed by atoms with Gasteiger partial charge in [-0.15, -0.1) is 0 Å². The minimum Gasteiger partial charge on any atom is -0.397 e. The topological polar surface area (TPSA) is 92.5 Å². The molecule has 6 heteroatoms. The molecule has 0 saturated carbocycles. The summed E-state index contributed by atoms with van der Waals surface area (Å²) in [5.74, 6) is -0.809. The average molecular weight is 323 g/mol. The van der Waals surface area contributed by atoms with Gasteiger partial charge < -0.3 is 11.1 Å². The van der Waals surface area contributed by atoms with Crippen molar-refractivity contribution in [3.05, 3.63) is 59.7 Å². The molecule has 0 spiro atoms. The van der Waals surface area contributed by atoms with Crippen LogP contribution in [0.1, 0.15) is 33.6 Å². The van der Waals surface area contributed by atoms with Crippen LogP contribution in [-0.4, -0.2) is 29.2 Å². The van der Waals surface area contributed by atoms with Crippen LogP contribution in [0.5, 0.6) is 0 Å². The Morgan fingerprint density at radius 2 is 1.54 bits per heavy atom. The lowest BCUT2D eigenvalue weighted by Gasteiger charge is -2.13.